The van der Waals surface area contributed by atoms with Gasteiger partial charge in [0.2, 0.25) is 0 Å². The van der Waals surface area contributed by atoms with Crippen molar-refractivity contribution in [1.82, 2.24) is 4.90 Å². The summed E-state index contributed by atoms with van der Waals surface area (Å²) in [6, 6.07) is 2.71. The normalized spacial score (nSPS) is 23.9. The van der Waals surface area contributed by atoms with E-state index in [1.54, 1.807) is 11.3 Å². The van der Waals surface area contributed by atoms with Gasteiger partial charge in [0.05, 0.1) is 19.3 Å². The Kier molecular flexibility index (Phi) is 4.86. The highest BCUT2D eigenvalue weighted by Gasteiger charge is 2.28. The van der Waals surface area contributed by atoms with E-state index in [2.05, 4.69) is 33.8 Å². The highest BCUT2D eigenvalue weighted by atomic mass is 79.9. The van der Waals surface area contributed by atoms with Crippen molar-refractivity contribution in [3.8, 4) is 0 Å². The number of halogens is 2. The van der Waals surface area contributed by atoms with E-state index in [-0.39, 0.29) is 6.04 Å². The fourth-order valence-electron chi connectivity index (χ4n) is 2.15. The molecule has 96 valence electrons. The summed E-state index contributed by atoms with van der Waals surface area (Å²) in [7, 11) is 0. The van der Waals surface area contributed by atoms with Crippen LogP contribution in [0.4, 0.5) is 0 Å². The zero-order valence-electron chi connectivity index (χ0n) is 9.66. The van der Waals surface area contributed by atoms with E-state index in [0.29, 0.717) is 12.6 Å². The summed E-state index contributed by atoms with van der Waals surface area (Å²) >= 11 is 11.1. The Bertz CT molecular complexity index is 368. The first kappa shape index (κ1) is 13.8. The third-order valence-corrected chi connectivity index (χ3v) is 5.61. The maximum Gasteiger partial charge on any atom is 0.107 e. The molecule has 2 rings (SSSR count). The van der Waals surface area contributed by atoms with Crippen LogP contribution < -0.4 is 5.73 Å². The molecule has 2 N–H and O–H groups in total. The highest BCUT2D eigenvalue weighted by Crippen LogP contribution is 2.37. The molecule has 0 aromatic carbocycles. The molecule has 2 unspecified atom stereocenters. The van der Waals surface area contributed by atoms with Gasteiger partial charge in [0.15, 0.2) is 0 Å². The number of hydrogen-bond donors (Lipinski definition) is 1. The molecule has 2 heterocycles. The first-order valence-corrected chi connectivity index (χ1v) is 7.60. The van der Waals surface area contributed by atoms with Gasteiger partial charge in [-0.25, -0.2) is 0 Å². The molecule has 0 amide bonds. The zero-order valence-corrected chi connectivity index (χ0v) is 12.8. The number of morpholine rings is 1. The second-order valence-electron chi connectivity index (χ2n) is 4.18. The molecule has 0 aliphatic carbocycles. The van der Waals surface area contributed by atoms with Crippen LogP contribution in [0, 0.1) is 0 Å². The molecule has 0 spiro atoms. The van der Waals surface area contributed by atoms with Crippen LogP contribution in [0.1, 0.15) is 17.8 Å². The minimum absolute atomic E-state index is 0.239. The minimum atomic E-state index is 0.239. The number of thiophene rings is 1. The molecule has 0 radical (unpaired) electrons. The monoisotopic (exact) mass is 338 g/mol. The number of rotatable bonds is 3. The molecule has 1 aliphatic heterocycles. The predicted molar refractivity (Wildman–Crippen MR) is 75.8 cm³/mol. The standard InChI is InChI=1S/C11H16BrClN2OS/c1-7-6-16-3-2-15(7)9(5-14)10-4-8(12)11(13)17-10/h4,7,9H,2-3,5-6,14H2,1H3. The maximum absolute atomic E-state index is 6.09. The number of nitrogens with two attached hydrogens (primary N) is 1. The summed E-state index contributed by atoms with van der Waals surface area (Å²) in [6.07, 6.45) is 0. The van der Waals surface area contributed by atoms with Gasteiger partial charge in [-0.15, -0.1) is 11.3 Å². The quantitative estimate of drug-likeness (QED) is 0.920. The van der Waals surface area contributed by atoms with Crippen molar-refractivity contribution in [2.45, 2.75) is 19.0 Å². The average Bonchev–Trinajstić information content (AvgIpc) is 2.63. The highest BCUT2D eigenvalue weighted by molar-refractivity contribution is 9.10. The molecule has 2 atom stereocenters. The van der Waals surface area contributed by atoms with E-state index in [4.69, 9.17) is 22.1 Å². The summed E-state index contributed by atoms with van der Waals surface area (Å²) in [4.78, 5) is 3.62. The topological polar surface area (TPSA) is 38.5 Å². The second-order valence-corrected chi connectivity index (χ2v) is 6.72. The largest absolute Gasteiger partial charge is 0.379 e. The Labute approximate surface area is 119 Å². The van der Waals surface area contributed by atoms with E-state index in [0.717, 1.165) is 28.6 Å². The van der Waals surface area contributed by atoms with Crippen LogP contribution in [-0.4, -0.2) is 37.2 Å². The van der Waals surface area contributed by atoms with Gasteiger partial charge in [-0.2, -0.15) is 0 Å². The van der Waals surface area contributed by atoms with E-state index < -0.39 is 0 Å². The fraction of sp³-hybridized carbons (Fsp3) is 0.636. The Morgan fingerprint density at radius 1 is 1.76 bits per heavy atom. The lowest BCUT2D eigenvalue weighted by Crippen LogP contribution is -2.47. The molecule has 1 aliphatic rings. The lowest BCUT2D eigenvalue weighted by atomic mass is 10.1. The molecular formula is C11H16BrClN2OS. The van der Waals surface area contributed by atoms with Gasteiger partial charge in [-0.3, -0.25) is 4.90 Å². The van der Waals surface area contributed by atoms with Gasteiger partial charge in [-0.1, -0.05) is 11.6 Å². The van der Waals surface area contributed by atoms with Gasteiger partial charge in [0.25, 0.3) is 0 Å². The third kappa shape index (κ3) is 3.03. The lowest BCUT2D eigenvalue weighted by molar-refractivity contribution is -0.0202. The third-order valence-electron chi connectivity index (χ3n) is 3.04. The van der Waals surface area contributed by atoms with Crippen molar-refractivity contribution in [3.05, 3.63) is 19.8 Å². The number of nitrogens with zero attached hydrogens (tertiary/aromatic N) is 1. The van der Waals surface area contributed by atoms with Crippen LogP contribution >= 0.6 is 38.9 Å². The Balaban J connectivity index is 2.20. The fourth-order valence-corrected chi connectivity index (χ4v) is 4.02. The Morgan fingerprint density at radius 2 is 2.53 bits per heavy atom. The van der Waals surface area contributed by atoms with Crippen LogP contribution in [0.3, 0.4) is 0 Å². The van der Waals surface area contributed by atoms with Crippen molar-refractivity contribution >= 4 is 38.9 Å². The van der Waals surface area contributed by atoms with Crippen molar-refractivity contribution < 1.29 is 4.74 Å². The van der Waals surface area contributed by atoms with Crippen LogP contribution in [0.25, 0.3) is 0 Å². The summed E-state index contributed by atoms with van der Waals surface area (Å²) in [5.41, 5.74) is 5.92. The molecular weight excluding hydrogens is 324 g/mol. The summed E-state index contributed by atoms with van der Waals surface area (Å²) < 4.78 is 7.21. The maximum atomic E-state index is 6.09. The second kappa shape index (κ2) is 5.99. The van der Waals surface area contributed by atoms with Crippen molar-refractivity contribution in [1.29, 1.82) is 0 Å². The summed E-state index contributed by atoms with van der Waals surface area (Å²) in [6.45, 7) is 5.26. The van der Waals surface area contributed by atoms with Crippen LogP contribution in [0.5, 0.6) is 0 Å². The van der Waals surface area contributed by atoms with Gasteiger partial charge in [0, 0.05) is 28.5 Å². The van der Waals surface area contributed by atoms with E-state index in [1.807, 2.05) is 0 Å². The van der Waals surface area contributed by atoms with Gasteiger partial charge in [-0.05, 0) is 28.9 Å². The van der Waals surface area contributed by atoms with Crippen LogP contribution in [0.2, 0.25) is 4.34 Å². The molecule has 0 saturated carbocycles. The van der Waals surface area contributed by atoms with E-state index in [9.17, 15) is 0 Å². The van der Waals surface area contributed by atoms with E-state index >= 15 is 0 Å². The first-order chi connectivity index (χ1) is 8.13. The number of ether oxygens (including phenoxy) is 1. The average molecular weight is 340 g/mol. The predicted octanol–water partition coefficient (Wildman–Crippen LogP) is 2.88. The van der Waals surface area contributed by atoms with Crippen LogP contribution in [-0.2, 0) is 4.74 Å². The van der Waals surface area contributed by atoms with Crippen LogP contribution in [0.15, 0.2) is 10.5 Å². The van der Waals surface area contributed by atoms with Gasteiger partial charge < -0.3 is 10.5 Å². The number of hydrogen-bond acceptors (Lipinski definition) is 4. The Hall–Kier alpha value is 0.350. The molecule has 3 nitrogen and oxygen atoms in total. The molecule has 0 bridgehead atoms. The first-order valence-electron chi connectivity index (χ1n) is 5.61. The summed E-state index contributed by atoms with van der Waals surface area (Å²) in [5.74, 6) is 0. The van der Waals surface area contributed by atoms with E-state index in [1.165, 1.54) is 4.88 Å². The lowest BCUT2D eigenvalue weighted by Gasteiger charge is -2.38. The SMILES string of the molecule is CC1COCCN1C(CN)c1cc(Br)c(Cl)s1. The van der Waals surface area contributed by atoms with Gasteiger partial charge in [0.1, 0.15) is 4.34 Å². The van der Waals surface area contributed by atoms with Crippen molar-refractivity contribution in [2.75, 3.05) is 26.3 Å². The molecule has 1 saturated heterocycles. The molecule has 1 aromatic rings. The molecule has 17 heavy (non-hydrogen) atoms. The Morgan fingerprint density at radius 3 is 3.06 bits per heavy atom. The van der Waals surface area contributed by atoms with Crippen molar-refractivity contribution in [2.24, 2.45) is 5.73 Å². The summed E-state index contributed by atoms with van der Waals surface area (Å²) in [5, 5.41) is 0. The molecule has 1 aromatic heterocycles. The van der Waals surface area contributed by atoms with Crippen molar-refractivity contribution in [3.63, 3.8) is 0 Å². The molecule has 6 heteroatoms. The zero-order chi connectivity index (χ0) is 12.4. The minimum Gasteiger partial charge on any atom is -0.379 e. The van der Waals surface area contributed by atoms with Gasteiger partial charge >= 0.3 is 0 Å². The smallest absolute Gasteiger partial charge is 0.107 e. The molecule has 1 fully saturated rings.